The van der Waals surface area contributed by atoms with Crippen LogP contribution in [-0.2, 0) is 0 Å². The number of nitrogen functional groups attached to an aromatic ring is 1. The Hall–Kier alpha value is -3.15. The van der Waals surface area contributed by atoms with Crippen LogP contribution in [0.4, 0.5) is 5.95 Å². The summed E-state index contributed by atoms with van der Waals surface area (Å²) in [5.41, 5.74) is 7.66. The van der Waals surface area contributed by atoms with Crippen molar-refractivity contribution < 1.29 is 9.53 Å². The molecule has 128 valence electrons. The average molecular weight is 336 g/mol. The minimum absolute atomic E-state index is 0.0881. The standard InChI is InChI=1S/C19H20N4O2/c1-3-16(13-7-5-4-6-8-13)18(24)23-19(20)21-17(22-23)14-9-11-15(25-2)12-10-14/h4-12,16H,3H2,1-2H3,(H2,20,21,22)/t16-/m0/s1. The predicted molar refractivity (Wildman–Crippen MR) is 96.5 cm³/mol. The first-order chi connectivity index (χ1) is 12.1. The van der Waals surface area contributed by atoms with Crippen LogP contribution in [0.15, 0.2) is 54.6 Å². The summed E-state index contributed by atoms with van der Waals surface area (Å²) in [7, 11) is 1.60. The van der Waals surface area contributed by atoms with Crippen LogP contribution in [-0.4, -0.2) is 27.8 Å². The zero-order valence-electron chi connectivity index (χ0n) is 14.2. The molecule has 0 aliphatic rings. The molecule has 0 aliphatic heterocycles. The maximum atomic E-state index is 12.9. The van der Waals surface area contributed by atoms with Gasteiger partial charge in [0.1, 0.15) is 5.75 Å². The maximum absolute atomic E-state index is 12.9. The second-order valence-corrected chi connectivity index (χ2v) is 5.64. The van der Waals surface area contributed by atoms with Gasteiger partial charge < -0.3 is 10.5 Å². The summed E-state index contributed by atoms with van der Waals surface area (Å²) in [4.78, 5) is 17.1. The summed E-state index contributed by atoms with van der Waals surface area (Å²) in [5, 5.41) is 4.32. The van der Waals surface area contributed by atoms with E-state index in [0.717, 1.165) is 16.9 Å². The average Bonchev–Trinajstić information content (AvgIpc) is 3.05. The highest BCUT2D eigenvalue weighted by atomic mass is 16.5. The van der Waals surface area contributed by atoms with Crippen molar-refractivity contribution in [1.82, 2.24) is 14.8 Å². The van der Waals surface area contributed by atoms with E-state index in [1.54, 1.807) is 7.11 Å². The van der Waals surface area contributed by atoms with E-state index in [-0.39, 0.29) is 17.8 Å². The Morgan fingerprint density at radius 1 is 1.16 bits per heavy atom. The number of carbonyl (C=O) groups is 1. The molecule has 2 N–H and O–H groups in total. The summed E-state index contributed by atoms with van der Waals surface area (Å²) in [6, 6.07) is 16.9. The van der Waals surface area contributed by atoms with Gasteiger partial charge in [-0.15, -0.1) is 5.10 Å². The molecule has 0 saturated carbocycles. The molecule has 0 aliphatic carbocycles. The number of nitrogens with two attached hydrogens (primary N) is 1. The highest BCUT2D eigenvalue weighted by Gasteiger charge is 2.24. The molecule has 6 heteroatoms. The number of carbonyl (C=O) groups excluding carboxylic acids is 1. The van der Waals surface area contributed by atoms with Gasteiger partial charge in [0.25, 0.3) is 5.91 Å². The molecule has 2 aromatic carbocycles. The minimum atomic E-state index is -0.311. The minimum Gasteiger partial charge on any atom is -0.497 e. The lowest BCUT2D eigenvalue weighted by Gasteiger charge is -2.13. The molecule has 0 fully saturated rings. The molecule has 1 aromatic heterocycles. The lowest BCUT2D eigenvalue weighted by molar-refractivity contribution is 0.0862. The monoisotopic (exact) mass is 336 g/mol. The zero-order valence-corrected chi connectivity index (χ0v) is 14.2. The first-order valence-electron chi connectivity index (χ1n) is 8.10. The Bertz CT molecular complexity index is 857. The number of ether oxygens (including phenoxy) is 1. The summed E-state index contributed by atoms with van der Waals surface area (Å²) < 4.78 is 6.34. The Morgan fingerprint density at radius 2 is 1.84 bits per heavy atom. The summed E-state index contributed by atoms with van der Waals surface area (Å²) in [6.45, 7) is 1.97. The number of methoxy groups -OCH3 is 1. The third kappa shape index (κ3) is 3.38. The van der Waals surface area contributed by atoms with Crippen molar-refractivity contribution in [1.29, 1.82) is 0 Å². The Morgan fingerprint density at radius 3 is 2.44 bits per heavy atom. The fourth-order valence-electron chi connectivity index (χ4n) is 2.73. The predicted octanol–water partition coefficient (Wildman–Crippen LogP) is 3.37. The van der Waals surface area contributed by atoms with Crippen molar-refractivity contribution in [2.75, 3.05) is 12.8 Å². The first kappa shape index (κ1) is 16.7. The van der Waals surface area contributed by atoms with Crippen molar-refractivity contribution >= 4 is 11.9 Å². The number of hydrogen-bond acceptors (Lipinski definition) is 5. The smallest absolute Gasteiger partial charge is 0.257 e. The second kappa shape index (κ2) is 7.17. The van der Waals surface area contributed by atoms with Gasteiger partial charge in [-0.3, -0.25) is 4.79 Å². The van der Waals surface area contributed by atoms with Gasteiger partial charge in [-0.25, -0.2) is 0 Å². The molecule has 25 heavy (non-hydrogen) atoms. The van der Waals surface area contributed by atoms with Crippen molar-refractivity contribution in [3.63, 3.8) is 0 Å². The van der Waals surface area contributed by atoms with Crippen molar-refractivity contribution in [2.45, 2.75) is 19.3 Å². The molecule has 0 saturated heterocycles. The first-order valence-corrected chi connectivity index (χ1v) is 8.10. The Labute approximate surface area is 146 Å². The molecule has 1 heterocycles. The molecule has 0 amide bonds. The third-order valence-electron chi connectivity index (χ3n) is 4.10. The van der Waals surface area contributed by atoms with Gasteiger partial charge in [-0.2, -0.15) is 9.67 Å². The fraction of sp³-hybridized carbons (Fsp3) is 0.211. The molecule has 6 nitrogen and oxygen atoms in total. The summed E-state index contributed by atoms with van der Waals surface area (Å²) in [5.74, 6) is 0.747. The van der Waals surface area contributed by atoms with Gasteiger partial charge in [0.2, 0.25) is 5.95 Å². The van der Waals surface area contributed by atoms with Gasteiger partial charge in [0.15, 0.2) is 5.82 Å². The van der Waals surface area contributed by atoms with E-state index in [1.165, 1.54) is 4.68 Å². The number of nitrogens with zero attached hydrogens (tertiary/aromatic N) is 3. The van der Waals surface area contributed by atoms with E-state index in [0.29, 0.717) is 12.2 Å². The Balaban J connectivity index is 1.92. The molecule has 3 aromatic rings. The van der Waals surface area contributed by atoms with E-state index in [9.17, 15) is 4.79 Å². The van der Waals surface area contributed by atoms with Crippen LogP contribution in [0, 0.1) is 0 Å². The molecule has 1 atom stereocenters. The zero-order chi connectivity index (χ0) is 17.8. The maximum Gasteiger partial charge on any atom is 0.257 e. The van der Waals surface area contributed by atoms with Crippen molar-refractivity contribution in [2.24, 2.45) is 0 Å². The van der Waals surface area contributed by atoms with Crippen LogP contribution >= 0.6 is 0 Å². The van der Waals surface area contributed by atoms with Crippen LogP contribution < -0.4 is 10.5 Å². The highest BCUT2D eigenvalue weighted by molar-refractivity contribution is 5.87. The van der Waals surface area contributed by atoms with Gasteiger partial charge in [-0.05, 0) is 36.2 Å². The molecule has 3 rings (SSSR count). The van der Waals surface area contributed by atoms with Crippen LogP contribution in [0.1, 0.15) is 29.6 Å². The summed E-state index contributed by atoms with van der Waals surface area (Å²) >= 11 is 0. The van der Waals surface area contributed by atoms with Crippen LogP contribution in [0.5, 0.6) is 5.75 Å². The van der Waals surface area contributed by atoms with Gasteiger partial charge in [-0.1, -0.05) is 37.3 Å². The molecule has 0 radical (unpaired) electrons. The van der Waals surface area contributed by atoms with Crippen LogP contribution in [0.2, 0.25) is 0 Å². The number of rotatable bonds is 5. The largest absolute Gasteiger partial charge is 0.497 e. The highest BCUT2D eigenvalue weighted by Crippen LogP contribution is 2.24. The second-order valence-electron chi connectivity index (χ2n) is 5.64. The Kier molecular flexibility index (Phi) is 4.79. The van der Waals surface area contributed by atoms with E-state index < -0.39 is 0 Å². The summed E-state index contributed by atoms with van der Waals surface area (Å²) in [6.07, 6.45) is 0.653. The van der Waals surface area contributed by atoms with E-state index >= 15 is 0 Å². The van der Waals surface area contributed by atoms with Gasteiger partial charge in [0.05, 0.1) is 13.0 Å². The van der Waals surface area contributed by atoms with E-state index in [4.69, 9.17) is 10.5 Å². The number of aromatic nitrogens is 3. The molecule has 0 spiro atoms. The normalized spacial score (nSPS) is 11.9. The number of benzene rings is 2. The topological polar surface area (TPSA) is 83.0 Å². The van der Waals surface area contributed by atoms with Crippen LogP contribution in [0.3, 0.4) is 0 Å². The fourth-order valence-corrected chi connectivity index (χ4v) is 2.73. The molecule has 0 unspecified atom stereocenters. The quantitative estimate of drug-likeness (QED) is 0.772. The lowest BCUT2D eigenvalue weighted by Crippen LogP contribution is -2.22. The van der Waals surface area contributed by atoms with Crippen molar-refractivity contribution in [3.8, 4) is 17.1 Å². The van der Waals surface area contributed by atoms with Crippen molar-refractivity contribution in [3.05, 3.63) is 60.2 Å². The van der Waals surface area contributed by atoms with Gasteiger partial charge in [0, 0.05) is 5.56 Å². The number of hydrogen-bond donors (Lipinski definition) is 1. The molecular formula is C19H20N4O2. The van der Waals surface area contributed by atoms with E-state index in [1.807, 2.05) is 61.5 Å². The number of anilines is 1. The van der Waals surface area contributed by atoms with Crippen LogP contribution in [0.25, 0.3) is 11.4 Å². The molecule has 0 bridgehead atoms. The van der Waals surface area contributed by atoms with Gasteiger partial charge >= 0.3 is 0 Å². The lowest BCUT2D eigenvalue weighted by atomic mass is 9.96. The van der Waals surface area contributed by atoms with E-state index in [2.05, 4.69) is 10.1 Å². The SMILES string of the molecule is CC[C@H](C(=O)n1nc(-c2ccc(OC)cc2)nc1N)c1ccccc1. The third-order valence-corrected chi connectivity index (χ3v) is 4.10. The molecular weight excluding hydrogens is 316 g/mol.